The summed E-state index contributed by atoms with van der Waals surface area (Å²) in [6, 6.07) is 13.4. The number of nitrogens with zero attached hydrogens (tertiary/aromatic N) is 2. The Kier molecular flexibility index (Phi) is 5.87. The summed E-state index contributed by atoms with van der Waals surface area (Å²) in [4.78, 5) is 19.1. The van der Waals surface area contributed by atoms with Gasteiger partial charge in [0.25, 0.3) is 5.91 Å². The fourth-order valence-electron chi connectivity index (χ4n) is 3.38. The molecular weight excluding hydrogens is 427 g/mol. The van der Waals surface area contributed by atoms with Crippen molar-refractivity contribution in [2.24, 2.45) is 0 Å². The van der Waals surface area contributed by atoms with Crippen molar-refractivity contribution in [1.82, 2.24) is 4.98 Å². The van der Waals surface area contributed by atoms with Crippen molar-refractivity contribution in [3.8, 4) is 11.5 Å². The van der Waals surface area contributed by atoms with Crippen LogP contribution in [0.2, 0.25) is 0 Å². The molecule has 0 unspecified atom stereocenters. The van der Waals surface area contributed by atoms with Gasteiger partial charge in [0.2, 0.25) is 0 Å². The van der Waals surface area contributed by atoms with Crippen LogP contribution in [0.25, 0.3) is 0 Å². The molecule has 0 radical (unpaired) electrons. The Hall–Kier alpha value is -3.79. The highest BCUT2D eigenvalue weighted by Gasteiger charge is 2.31. The third-order valence-electron chi connectivity index (χ3n) is 4.73. The number of rotatable bonds is 5. The molecule has 0 spiro atoms. The van der Waals surface area contributed by atoms with E-state index in [1.54, 1.807) is 36.5 Å². The Morgan fingerprint density at radius 1 is 1.16 bits per heavy atom. The standard InChI is InChI=1S/C22H18F3N3O4/c23-22(24,25)32-16-8-6-15(7-9-16)27-21(30)17-4-1-5-18-19(17)31-12-11-28(18)20-14(13-29)3-2-10-26-20/h1-10,29H,11-13H2,(H,27,30). The lowest BCUT2D eigenvalue weighted by molar-refractivity contribution is -0.274. The molecule has 166 valence electrons. The van der Waals surface area contributed by atoms with Crippen molar-refractivity contribution in [2.75, 3.05) is 23.4 Å². The number of aliphatic hydroxyl groups excluding tert-OH is 1. The lowest BCUT2D eigenvalue weighted by atomic mass is 10.1. The van der Waals surface area contributed by atoms with Crippen LogP contribution in [0.15, 0.2) is 60.8 Å². The summed E-state index contributed by atoms with van der Waals surface area (Å²) in [6.07, 6.45) is -3.17. The van der Waals surface area contributed by atoms with Crippen LogP contribution in [-0.4, -0.2) is 35.5 Å². The van der Waals surface area contributed by atoms with Crippen LogP contribution in [-0.2, 0) is 6.61 Å². The van der Waals surface area contributed by atoms with Crippen molar-refractivity contribution in [2.45, 2.75) is 13.0 Å². The van der Waals surface area contributed by atoms with E-state index in [4.69, 9.17) is 4.74 Å². The minimum Gasteiger partial charge on any atom is -0.489 e. The highest BCUT2D eigenvalue weighted by molar-refractivity contribution is 6.07. The molecule has 2 heterocycles. The number of halogens is 3. The Bertz CT molecular complexity index is 1120. The molecule has 0 saturated heterocycles. The third-order valence-corrected chi connectivity index (χ3v) is 4.73. The first-order valence-electron chi connectivity index (χ1n) is 9.61. The van der Waals surface area contributed by atoms with Gasteiger partial charge in [0.05, 0.1) is 24.4 Å². The average Bonchev–Trinajstić information content (AvgIpc) is 2.78. The van der Waals surface area contributed by atoms with Crippen LogP contribution >= 0.6 is 0 Å². The normalized spacial score (nSPS) is 13.2. The topological polar surface area (TPSA) is 83.9 Å². The van der Waals surface area contributed by atoms with E-state index in [9.17, 15) is 23.1 Å². The number of amides is 1. The van der Waals surface area contributed by atoms with Crippen LogP contribution in [0.1, 0.15) is 15.9 Å². The molecule has 1 aliphatic rings. The molecule has 1 amide bonds. The molecule has 1 aliphatic heterocycles. The van der Waals surface area contributed by atoms with Gasteiger partial charge in [0.1, 0.15) is 18.2 Å². The van der Waals surface area contributed by atoms with Gasteiger partial charge in [-0.3, -0.25) is 4.79 Å². The molecule has 0 saturated carbocycles. The van der Waals surface area contributed by atoms with Gasteiger partial charge in [-0.15, -0.1) is 13.2 Å². The molecule has 0 aliphatic carbocycles. The summed E-state index contributed by atoms with van der Waals surface area (Å²) in [6.45, 7) is 0.578. The number of alkyl halides is 3. The van der Waals surface area contributed by atoms with Crippen LogP contribution in [0.5, 0.6) is 11.5 Å². The van der Waals surface area contributed by atoms with E-state index < -0.39 is 12.3 Å². The lowest BCUT2D eigenvalue weighted by Crippen LogP contribution is -2.31. The van der Waals surface area contributed by atoms with Gasteiger partial charge in [-0.1, -0.05) is 12.1 Å². The minimum absolute atomic E-state index is 0.190. The fourth-order valence-corrected chi connectivity index (χ4v) is 3.38. The van der Waals surface area contributed by atoms with Crippen molar-refractivity contribution < 1.29 is 32.5 Å². The Balaban J connectivity index is 1.58. The van der Waals surface area contributed by atoms with Gasteiger partial charge in [-0.25, -0.2) is 4.98 Å². The zero-order valence-corrected chi connectivity index (χ0v) is 16.6. The predicted molar refractivity (Wildman–Crippen MR) is 110 cm³/mol. The summed E-state index contributed by atoms with van der Waals surface area (Å²) < 4.78 is 46.5. The number of aromatic nitrogens is 1. The maximum absolute atomic E-state index is 12.9. The number of carbonyl (C=O) groups is 1. The first-order valence-corrected chi connectivity index (χ1v) is 9.61. The summed E-state index contributed by atoms with van der Waals surface area (Å²) in [5, 5.41) is 12.3. The smallest absolute Gasteiger partial charge is 0.489 e. The highest BCUT2D eigenvalue weighted by atomic mass is 19.4. The predicted octanol–water partition coefficient (Wildman–Crippen LogP) is 4.26. The summed E-state index contributed by atoms with van der Waals surface area (Å²) >= 11 is 0. The van der Waals surface area contributed by atoms with Gasteiger partial charge in [0.15, 0.2) is 5.75 Å². The van der Waals surface area contributed by atoms with Crippen LogP contribution < -0.4 is 19.7 Å². The number of aliphatic hydroxyl groups is 1. The molecule has 0 fully saturated rings. The molecule has 3 aromatic rings. The largest absolute Gasteiger partial charge is 0.573 e. The fraction of sp³-hybridized carbons (Fsp3) is 0.182. The molecule has 0 atom stereocenters. The molecule has 7 nitrogen and oxygen atoms in total. The van der Waals surface area contributed by atoms with Crippen molar-refractivity contribution in [3.63, 3.8) is 0 Å². The Morgan fingerprint density at radius 3 is 2.66 bits per heavy atom. The SMILES string of the molecule is O=C(Nc1ccc(OC(F)(F)F)cc1)c1cccc2c1OCCN2c1ncccc1CO. The number of hydrogen-bond donors (Lipinski definition) is 2. The Morgan fingerprint density at radius 2 is 1.94 bits per heavy atom. The first-order chi connectivity index (χ1) is 15.4. The maximum Gasteiger partial charge on any atom is 0.573 e. The molecule has 0 bridgehead atoms. The molecular formula is C22H18F3N3O4. The van der Waals surface area contributed by atoms with Gasteiger partial charge < -0.3 is 24.8 Å². The molecule has 1 aromatic heterocycles. The van der Waals surface area contributed by atoms with E-state index in [1.165, 1.54) is 12.1 Å². The number of nitrogens with one attached hydrogen (secondary N) is 1. The highest BCUT2D eigenvalue weighted by Crippen LogP contribution is 2.39. The van der Waals surface area contributed by atoms with Crippen molar-refractivity contribution in [1.29, 1.82) is 0 Å². The average molecular weight is 445 g/mol. The Labute approximate surface area is 181 Å². The monoisotopic (exact) mass is 445 g/mol. The van der Waals surface area contributed by atoms with E-state index in [2.05, 4.69) is 15.0 Å². The summed E-state index contributed by atoms with van der Waals surface area (Å²) in [5.74, 6) is 0.0402. The number of carbonyl (C=O) groups excluding carboxylic acids is 1. The number of ether oxygens (including phenoxy) is 2. The number of hydrogen-bond acceptors (Lipinski definition) is 6. The molecule has 4 rings (SSSR count). The van der Waals surface area contributed by atoms with E-state index in [0.29, 0.717) is 41.7 Å². The number of anilines is 3. The van der Waals surface area contributed by atoms with E-state index in [1.807, 2.05) is 4.90 Å². The number of benzene rings is 2. The molecule has 2 N–H and O–H groups in total. The zero-order valence-electron chi connectivity index (χ0n) is 16.6. The van der Waals surface area contributed by atoms with Crippen molar-refractivity contribution >= 4 is 23.1 Å². The maximum atomic E-state index is 12.9. The quantitative estimate of drug-likeness (QED) is 0.611. The van der Waals surface area contributed by atoms with Gasteiger partial charge >= 0.3 is 6.36 Å². The van der Waals surface area contributed by atoms with Gasteiger partial charge in [0, 0.05) is 17.4 Å². The zero-order chi connectivity index (χ0) is 22.7. The third kappa shape index (κ3) is 4.59. The second-order valence-electron chi connectivity index (χ2n) is 6.82. The molecule has 10 heteroatoms. The first kappa shape index (κ1) is 21.4. The van der Waals surface area contributed by atoms with Crippen LogP contribution in [0.3, 0.4) is 0 Å². The van der Waals surface area contributed by atoms with Gasteiger partial charge in [-0.2, -0.15) is 0 Å². The second-order valence-corrected chi connectivity index (χ2v) is 6.82. The lowest BCUT2D eigenvalue weighted by Gasteiger charge is -2.32. The van der Waals surface area contributed by atoms with E-state index in [0.717, 1.165) is 12.1 Å². The number of pyridine rings is 1. The number of para-hydroxylation sites is 1. The molecule has 32 heavy (non-hydrogen) atoms. The van der Waals surface area contributed by atoms with Crippen LogP contribution in [0.4, 0.5) is 30.4 Å². The summed E-state index contributed by atoms with van der Waals surface area (Å²) in [7, 11) is 0. The van der Waals surface area contributed by atoms with Crippen LogP contribution in [0, 0.1) is 0 Å². The van der Waals surface area contributed by atoms with Crippen molar-refractivity contribution in [3.05, 3.63) is 71.9 Å². The minimum atomic E-state index is -4.79. The second kappa shape index (κ2) is 8.75. The summed E-state index contributed by atoms with van der Waals surface area (Å²) in [5.41, 5.74) is 1.80. The van der Waals surface area contributed by atoms with E-state index >= 15 is 0 Å². The molecule has 2 aromatic carbocycles. The van der Waals surface area contributed by atoms with E-state index in [-0.39, 0.29) is 17.9 Å². The number of fused-ring (bicyclic) bond motifs is 1. The van der Waals surface area contributed by atoms with Gasteiger partial charge in [-0.05, 0) is 42.5 Å².